The minimum Gasteiger partial charge on any atom is -0.507 e. The van der Waals surface area contributed by atoms with Crippen molar-refractivity contribution in [3.63, 3.8) is 0 Å². The number of phenols is 1. The van der Waals surface area contributed by atoms with Gasteiger partial charge < -0.3 is 15.1 Å². The van der Waals surface area contributed by atoms with Gasteiger partial charge in [0.2, 0.25) is 0 Å². The van der Waals surface area contributed by atoms with Crippen LogP contribution in [-0.2, 0) is 0 Å². The highest BCUT2D eigenvalue weighted by Gasteiger charge is 2.07. The lowest BCUT2D eigenvalue weighted by Gasteiger charge is -2.08. The Morgan fingerprint density at radius 1 is 1.10 bits per heavy atom. The lowest BCUT2D eigenvalue weighted by Crippen LogP contribution is -1.95. The first-order valence-corrected chi connectivity index (χ1v) is 6.41. The number of hydrogen-bond donors (Lipinski definition) is 2. The Hall–Kier alpha value is -2.49. The Balaban J connectivity index is 2.31. The van der Waals surface area contributed by atoms with E-state index in [1.165, 1.54) is 0 Å². The average Bonchev–Trinajstić information content (AvgIpc) is 2.47. The standard InChI is InChI=1S/C16H17NO3/c1-3-20-14-7-4-12(5-8-14)13-6-9-15(11(2)17-19)16(18)10-13/h4-10,18-19H,3H2,1-2H3. The third kappa shape index (κ3) is 2.91. The average molecular weight is 271 g/mol. The molecule has 2 aromatic carbocycles. The van der Waals surface area contributed by atoms with E-state index in [2.05, 4.69) is 5.16 Å². The molecule has 0 amide bonds. The van der Waals surface area contributed by atoms with Gasteiger partial charge in [-0.1, -0.05) is 23.4 Å². The second-order valence-corrected chi connectivity index (χ2v) is 4.37. The van der Waals surface area contributed by atoms with Crippen LogP contribution in [0, 0.1) is 0 Å². The monoisotopic (exact) mass is 271 g/mol. The summed E-state index contributed by atoms with van der Waals surface area (Å²) in [6.07, 6.45) is 0. The van der Waals surface area contributed by atoms with Crippen LogP contribution in [0.1, 0.15) is 19.4 Å². The van der Waals surface area contributed by atoms with E-state index in [0.717, 1.165) is 16.9 Å². The molecule has 0 atom stereocenters. The highest BCUT2D eigenvalue weighted by Crippen LogP contribution is 2.28. The summed E-state index contributed by atoms with van der Waals surface area (Å²) in [6.45, 7) is 4.20. The number of phenolic OH excluding ortho intramolecular Hbond substituents is 1. The third-order valence-electron chi connectivity index (χ3n) is 3.04. The van der Waals surface area contributed by atoms with Gasteiger partial charge in [-0.25, -0.2) is 0 Å². The molecule has 0 aliphatic carbocycles. The maximum Gasteiger partial charge on any atom is 0.125 e. The molecule has 2 rings (SSSR count). The summed E-state index contributed by atoms with van der Waals surface area (Å²) in [5, 5.41) is 21.8. The van der Waals surface area contributed by atoms with E-state index in [4.69, 9.17) is 9.94 Å². The van der Waals surface area contributed by atoms with Gasteiger partial charge in [0, 0.05) is 5.56 Å². The Bertz CT molecular complexity index is 618. The molecule has 0 bridgehead atoms. The van der Waals surface area contributed by atoms with Crippen molar-refractivity contribution >= 4 is 5.71 Å². The number of oxime groups is 1. The molecule has 4 nitrogen and oxygen atoms in total. The molecule has 0 aliphatic heterocycles. The van der Waals surface area contributed by atoms with Crippen molar-refractivity contribution in [2.45, 2.75) is 13.8 Å². The zero-order valence-corrected chi connectivity index (χ0v) is 11.5. The van der Waals surface area contributed by atoms with Gasteiger partial charge in [0.25, 0.3) is 0 Å². The SMILES string of the molecule is CCOc1ccc(-c2ccc(C(C)=NO)c(O)c2)cc1. The largest absolute Gasteiger partial charge is 0.507 e. The minimum atomic E-state index is 0.0895. The molecule has 104 valence electrons. The van der Waals surface area contributed by atoms with E-state index >= 15 is 0 Å². The number of benzene rings is 2. The molecular weight excluding hydrogens is 254 g/mol. The van der Waals surface area contributed by atoms with Crippen molar-refractivity contribution in [2.24, 2.45) is 5.16 Å². The van der Waals surface area contributed by atoms with Crippen LogP contribution >= 0.6 is 0 Å². The van der Waals surface area contributed by atoms with E-state index in [-0.39, 0.29) is 5.75 Å². The number of rotatable bonds is 4. The van der Waals surface area contributed by atoms with Gasteiger partial charge in [-0.2, -0.15) is 0 Å². The zero-order valence-electron chi connectivity index (χ0n) is 11.5. The first-order valence-electron chi connectivity index (χ1n) is 6.41. The molecular formula is C16H17NO3. The van der Waals surface area contributed by atoms with Crippen molar-refractivity contribution in [1.82, 2.24) is 0 Å². The fourth-order valence-electron chi connectivity index (χ4n) is 1.98. The third-order valence-corrected chi connectivity index (χ3v) is 3.04. The molecule has 0 aromatic heterocycles. The van der Waals surface area contributed by atoms with Crippen molar-refractivity contribution in [2.75, 3.05) is 6.61 Å². The van der Waals surface area contributed by atoms with E-state index < -0.39 is 0 Å². The van der Waals surface area contributed by atoms with Crippen molar-refractivity contribution in [3.8, 4) is 22.6 Å². The molecule has 20 heavy (non-hydrogen) atoms. The van der Waals surface area contributed by atoms with Crippen LogP contribution in [0.3, 0.4) is 0 Å². The van der Waals surface area contributed by atoms with Crippen molar-refractivity contribution in [1.29, 1.82) is 0 Å². The van der Waals surface area contributed by atoms with E-state index in [9.17, 15) is 5.11 Å². The first kappa shape index (κ1) is 13.9. The number of aromatic hydroxyl groups is 1. The summed E-state index contributed by atoms with van der Waals surface area (Å²) in [4.78, 5) is 0. The minimum absolute atomic E-state index is 0.0895. The highest BCUT2D eigenvalue weighted by molar-refractivity contribution is 6.01. The van der Waals surface area contributed by atoms with Crippen LogP contribution in [0.5, 0.6) is 11.5 Å². The molecule has 0 radical (unpaired) electrons. The highest BCUT2D eigenvalue weighted by atomic mass is 16.5. The molecule has 0 aliphatic rings. The smallest absolute Gasteiger partial charge is 0.125 e. The van der Waals surface area contributed by atoms with Gasteiger partial charge in [-0.15, -0.1) is 0 Å². The Kier molecular flexibility index (Phi) is 4.25. The fourth-order valence-corrected chi connectivity index (χ4v) is 1.98. The van der Waals surface area contributed by atoms with E-state index in [1.54, 1.807) is 19.1 Å². The molecule has 2 N–H and O–H groups in total. The van der Waals surface area contributed by atoms with Gasteiger partial charge >= 0.3 is 0 Å². The number of hydrogen-bond acceptors (Lipinski definition) is 4. The summed E-state index contributed by atoms with van der Waals surface area (Å²) in [7, 11) is 0. The van der Waals surface area contributed by atoms with Gasteiger partial charge in [-0.3, -0.25) is 0 Å². The molecule has 0 spiro atoms. The molecule has 0 saturated heterocycles. The summed E-state index contributed by atoms with van der Waals surface area (Å²) in [5.41, 5.74) is 2.76. The van der Waals surface area contributed by atoms with Gasteiger partial charge in [-0.05, 0) is 49.2 Å². The molecule has 0 heterocycles. The van der Waals surface area contributed by atoms with E-state index in [1.807, 2.05) is 37.3 Å². The summed E-state index contributed by atoms with van der Waals surface area (Å²) in [6, 6.07) is 12.9. The first-order chi connectivity index (χ1) is 9.65. The molecule has 0 unspecified atom stereocenters. The molecule has 0 saturated carbocycles. The summed E-state index contributed by atoms with van der Waals surface area (Å²) in [5.74, 6) is 0.909. The van der Waals surface area contributed by atoms with Gasteiger partial charge in [0.15, 0.2) is 0 Å². The molecule has 4 heteroatoms. The van der Waals surface area contributed by atoms with Crippen molar-refractivity contribution in [3.05, 3.63) is 48.0 Å². The van der Waals surface area contributed by atoms with Crippen LogP contribution in [0.4, 0.5) is 0 Å². The van der Waals surface area contributed by atoms with Crippen LogP contribution < -0.4 is 4.74 Å². The Morgan fingerprint density at radius 3 is 2.30 bits per heavy atom. The predicted molar refractivity (Wildman–Crippen MR) is 78.7 cm³/mol. The van der Waals surface area contributed by atoms with E-state index in [0.29, 0.717) is 17.9 Å². The lowest BCUT2D eigenvalue weighted by atomic mass is 10.0. The number of ether oxygens (including phenoxy) is 1. The quantitative estimate of drug-likeness (QED) is 0.507. The second-order valence-electron chi connectivity index (χ2n) is 4.37. The normalized spacial score (nSPS) is 11.4. The summed E-state index contributed by atoms with van der Waals surface area (Å²) >= 11 is 0. The maximum absolute atomic E-state index is 9.98. The fraction of sp³-hybridized carbons (Fsp3) is 0.188. The van der Waals surface area contributed by atoms with Crippen molar-refractivity contribution < 1.29 is 15.1 Å². The maximum atomic E-state index is 9.98. The number of nitrogens with zero attached hydrogens (tertiary/aromatic N) is 1. The lowest BCUT2D eigenvalue weighted by molar-refractivity contribution is 0.318. The second kappa shape index (κ2) is 6.10. The molecule has 2 aromatic rings. The van der Waals surface area contributed by atoms with Gasteiger partial charge in [0.1, 0.15) is 11.5 Å². The summed E-state index contributed by atoms with van der Waals surface area (Å²) < 4.78 is 5.39. The Labute approximate surface area is 117 Å². The van der Waals surface area contributed by atoms with Crippen LogP contribution in [0.15, 0.2) is 47.6 Å². The van der Waals surface area contributed by atoms with Crippen LogP contribution in [0.2, 0.25) is 0 Å². The van der Waals surface area contributed by atoms with Crippen LogP contribution in [-0.4, -0.2) is 22.6 Å². The zero-order chi connectivity index (χ0) is 14.5. The van der Waals surface area contributed by atoms with Crippen LogP contribution in [0.25, 0.3) is 11.1 Å². The predicted octanol–water partition coefficient (Wildman–Crippen LogP) is 3.66. The molecule has 0 fully saturated rings. The Morgan fingerprint density at radius 2 is 1.75 bits per heavy atom. The topological polar surface area (TPSA) is 62.0 Å². The van der Waals surface area contributed by atoms with Gasteiger partial charge in [0.05, 0.1) is 12.3 Å².